The minimum absolute atomic E-state index is 0.219. The van der Waals surface area contributed by atoms with Gasteiger partial charge in [0.2, 0.25) is 0 Å². The summed E-state index contributed by atoms with van der Waals surface area (Å²) in [6, 6.07) is 0. The SMILES string of the molecule is COc1c(N)nsc1N1C[C@@H](C)O[C@@H](C)C1. The molecule has 6 heteroatoms. The zero-order valence-corrected chi connectivity index (χ0v) is 10.6. The minimum Gasteiger partial charge on any atom is -0.490 e. The van der Waals surface area contributed by atoms with Crippen LogP contribution in [0, 0.1) is 0 Å². The summed E-state index contributed by atoms with van der Waals surface area (Å²) in [7, 11) is 1.62. The molecule has 0 aliphatic carbocycles. The monoisotopic (exact) mass is 243 g/mol. The molecule has 2 atom stereocenters. The molecule has 0 saturated carbocycles. The molecule has 2 N–H and O–H groups in total. The van der Waals surface area contributed by atoms with E-state index < -0.39 is 0 Å². The van der Waals surface area contributed by atoms with E-state index in [2.05, 4.69) is 23.1 Å². The van der Waals surface area contributed by atoms with Gasteiger partial charge in [0.25, 0.3) is 0 Å². The highest BCUT2D eigenvalue weighted by molar-refractivity contribution is 7.11. The first kappa shape index (κ1) is 11.5. The fourth-order valence-electron chi connectivity index (χ4n) is 2.02. The van der Waals surface area contributed by atoms with Crippen LogP contribution in [0.5, 0.6) is 5.75 Å². The Balaban J connectivity index is 2.22. The van der Waals surface area contributed by atoms with Gasteiger partial charge in [-0.2, -0.15) is 4.37 Å². The van der Waals surface area contributed by atoms with Crippen molar-refractivity contribution in [1.29, 1.82) is 0 Å². The first-order chi connectivity index (χ1) is 7.61. The predicted octanol–water partition coefficient (Wildman–Crippen LogP) is 1.35. The van der Waals surface area contributed by atoms with Crippen molar-refractivity contribution in [3.8, 4) is 5.75 Å². The lowest BCUT2D eigenvalue weighted by Gasteiger charge is -2.35. The summed E-state index contributed by atoms with van der Waals surface area (Å²) in [6.07, 6.45) is 0.438. The van der Waals surface area contributed by atoms with Gasteiger partial charge in [-0.25, -0.2) is 0 Å². The number of nitrogen functional groups attached to an aromatic ring is 1. The van der Waals surface area contributed by atoms with E-state index in [4.69, 9.17) is 15.2 Å². The Labute approximate surface area is 99.3 Å². The van der Waals surface area contributed by atoms with Crippen LogP contribution >= 0.6 is 11.5 Å². The summed E-state index contributed by atoms with van der Waals surface area (Å²) in [5.41, 5.74) is 5.74. The summed E-state index contributed by atoms with van der Waals surface area (Å²) in [5, 5.41) is 1.00. The Morgan fingerprint density at radius 2 is 2.06 bits per heavy atom. The van der Waals surface area contributed by atoms with Crippen molar-refractivity contribution in [3.05, 3.63) is 0 Å². The van der Waals surface area contributed by atoms with Crippen LogP contribution in [-0.4, -0.2) is 36.8 Å². The van der Waals surface area contributed by atoms with Crippen molar-refractivity contribution in [1.82, 2.24) is 4.37 Å². The lowest BCUT2D eigenvalue weighted by Crippen LogP contribution is -2.45. The largest absolute Gasteiger partial charge is 0.490 e. The topological polar surface area (TPSA) is 60.6 Å². The molecule has 1 saturated heterocycles. The molecule has 0 bridgehead atoms. The van der Waals surface area contributed by atoms with Crippen LogP contribution in [-0.2, 0) is 4.74 Å². The van der Waals surface area contributed by atoms with Crippen LogP contribution in [0.25, 0.3) is 0 Å². The van der Waals surface area contributed by atoms with E-state index in [1.54, 1.807) is 7.11 Å². The number of morpholine rings is 1. The van der Waals surface area contributed by atoms with Crippen LogP contribution in [0.3, 0.4) is 0 Å². The van der Waals surface area contributed by atoms with E-state index in [-0.39, 0.29) is 12.2 Å². The Bertz CT molecular complexity index is 359. The Morgan fingerprint density at radius 3 is 2.62 bits per heavy atom. The lowest BCUT2D eigenvalue weighted by molar-refractivity contribution is -0.00510. The Hall–Kier alpha value is -1.01. The third-order valence-electron chi connectivity index (χ3n) is 2.57. The fourth-order valence-corrected chi connectivity index (χ4v) is 2.82. The number of hydrogen-bond acceptors (Lipinski definition) is 6. The van der Waals surface area contributed by atoms with E-state index in [1.165, 1.54) is 11.5 Å². The maximum atomic E-state index is 5.74. The standard InChI is InChI=1S/C10H17N3O2S/c1-6-4-13(5-7(2)15-6)10-8(14-3)9(11)12-16-10/h6-7H,4-5H2,1-3H3,(H2,11,12)/t6-,7+. The third-order valence-corrected chi connectivity index (χ3v) is 3.47. The predicted molar refractivity (Wildman–Crippen MR) is 65.3 cm³/mol. The smallest absolute Gasteiger partial charge is 0.197 e. The number of hydrogen-bond donors (Lipinski definition) is 1. The molecule has 1 aliphatic rings. The Morgan fingerprint density at radius 1 is 1.44 bits per heavy atom. The van der Waals surface area contributed by atoms with Gasteiger partial charge in [-0.1, -0.05) is 0 Å². The molecule has 0 aromatic carbocycles. The molecule has 0 unspecified atom stereocenters. The maximum Gasteiger partial charge on any atom is 0.197 e. The second-order valence-electron chi connectivity index (χ2n) is 4.07. The molecule has 16 heavy (non-hydrogen) atoms. The number of nitrogens with two attached hydrogens (primary N) is 1. The number of anilines is 2. The summed E-state index contributed by atoms with van der Waals surface area (Å²) in [5.74, 6) is 1.15. The molecule has 0 amide bonds. The molecule has 90 valence electrons. The van der Waals surface area contributed by atoms with Crippen LogP contribution in [0.2, 0.25) is 0 Å². The van der Waals surface area contributed by atoms with E-state index in [9.17, 15) is 0 Å². The summed E-state index contributed by atoms with van der Waals surface area (Å²) in [6.45, 7) is 5.84. The highest BCUT2D eigenvalue weighted by Crippen LogP contribution is 2.38. The molecule has 1 aromatic rings. The van der Waals surface area contributed by atoms with Gasteiger partial charge in [0.1, 0.15) is 0 Å². The number of nitrogens with zero attached hydrogens (tertiary/aromatic N) is 2. The summed E-state index contributed by atoms with van der Waals surface area (Å²) in [4.78, 5) is 2.23. The van der Waals surface area contributed by atoms with E-state index in [0.717, 1.165) is 18.1 Å². The second kappa shape index (κ2) is 4.47. The van der Waals surface area contributed by atoms with Crippen molar-refractivity contribution in [2.24, 2.45) is 0 Å². The van der Waals surface area contributed by atoms with Gasteiger partial charge in [0.15, 0.2) is 16.6 Å². The highest BCUT2D eigenvalue weighted by atomic mass is 32.1. The average Bonchev–Trinajstić information content (AvgIpc) is 2.58. The zero-order chi connectivity index (χ0) is 11.7. The molecule has 2 heterocycles. The lowest BCUT2D eigenvalue weighted by atomic mass is 10.2. The molecular weight excluding hydrogens is 226 g/mol. The number of ether oxygens (including phenoxy) is 2. The van der Waals surface area contributed by atoms with Gasteiger partial charge >= 0.3 is 0 Å². The molecule has 5 nitrogen and oxygen atoms in total. The molecule has 0 spiro atoms. The molecule has 1 aromatic heterocycles. The van der Waals surface area contributed by atoms with Crippen molar-refractivity contribution in [2.45, 2.75) is 26.1 Å². The minimum atomic E-state index is 0.219. The van der Waals surface area contributed by atoms with Gasteiger partial charge in [-0.05, 0) is 25.4 Å². The third kappa shape index (κ3) is 2.08. The normalized spacial score (nSPS) is 25.8. The van der Waals surface area contributed by atoms with Gasteiger partial charge < -0.3 is 20.1 Å². The number of methoxy groups -OCH3 is 1. The van der Waals surface area contributed by atoms with E-state index in [0.29, 0.717) is 11.6 Å². The van der Waals surface area contributed by atoms with E-state index in [1.807, 2.05) is 0 Å². The average molecular weight is 243 g/mol. The molecule has 2 rings (SSSR count). The van der Waals surface area contributed by atoms with Crippen molar-refractivity contribution in [2.75, 3.05) is 30.8 Å². The Kier molecular flexibility index (Phi) is 3.20. The molecule has 1 aliphatic heterocycles. The quantitative estimate of drug-likeness (QED) is 0.849. The zero-order valence-electron chi connectivity index (χ0n) is 9.77. The van der Waals surface area contributed by atoms with Gasteiger partial charge in [-0.15, -0.1) is 0 Å². The summed E-state index contributed by atoms with van der Waals surface area (Å²) < 4.78 is 15.1. The first-order valence-electron chi connectivity index (χ1n) is 5.31. The number of aromatic nitrogens is 1. The van der Waals surface area contributed by atoms with Crippen LogP contribution in [0.1, 0.15) is 13.8 Å². The van der Waals surface area contributed by atoms with Crippen molar-refractivity contribution >= 4 is 22.4 Å². The van der Waals surface area contributed by atoms with Crippen LogP contribution in [0.4, 0.5) is 10.8 Å². The van der Waals surface area contributed by atoms with Gasteiger partial charge in [0.05, 0.1) is 19.3 Å². The van der Waals surface area contributed by atoms with E-state index >= 15 is 0 Å². The first-order valence-corrected chi connectivity index (χ1v) is 6.08. The molecule has 0 radical (unpaired) electrons. The van der Waals surface area contributed by atoms with Crippen molar-refractivity contribution < 1.29 is 9.47 Å². The molecule has 1 fully saturated rings. The maximum absolute atomic E-state index is 5.74. The van der Waals surface area contributed by atoms with Crippen LogP contribution < -0.4 is 15.4 Å². The van der Waals surface area contributed by atoms with Crippen molar-refractivity contribution in [3.63, 3.8) is 0 Å². The van der Waals surface area contributed by atoms with Crippen LogP contribution in [0.15, 0.2) is 0 Å². The second-order valence-corrected chi connectivity index (χ2v) is 4.82. The van der Waals surface area contributed by atoms with Gasteiger partial charge in [0, 0.05) is 13.1 Å². The number of rotatable bonds is 2. The highest BCUT2D eigenvalue weighted by Gasteiger charge is 2.26. The molecular formula is C10H17N3O2S. The summed E-state index contributed by atoms with van der Waals surface area (Å²) >= 11 is 1.38. The fraction of sp³-hybridized carbons (Fsp3) is 0.700. The van der Waals surface area contributed by atoms with Gasteiger partial charge in [-0.3, -0.25) is 0 Å².